The second-order valence-corrected chi connectivity index (χ2v) is 4.91. The first kappa shape index (κ1) is 12.0. The minimum Gasteiger partial charge on any atom is -0.465 e. The van der Waals surface area contributed by atoms with E-state index in [0.717, 1.165) is 18.9 Å². The van der Waals surface area contributed by atoms with E-state index in [1.807, 2.05) is 5.32 Å². The highest BCUT2D eigenvalue weighted by atomic mass is 31.2. The van der Waals surface area contributed by atoms with E-state index in [0.29, 0.717) is 0 Å². The molecule has 0 bridgehead atoms. The summed E-state index contributed by atoms with van der Waals surface area (Å²) in [6.45, 7) is -0.0237. The van der Waals surface area contributed by atoms with E-state index in [-0.39, 0.29) is 6.54 Å². The third kappa shape index (κ3) is 2.11. The fourth-order valence-corrected chi connectivity index (χ4v) is 2.44. The molecule has 1 aliphatic heterocycles. The van der Waals surface area contributed by atoms with Crippen LogP contribution in [-0.4, -0.2) is 48.6 Å². The van der Waals surface area contributed by atoms with Gasteiger partial charge in [-0.15, -0.1) is 0 Å². The zero-order valence-corrected chi connectivity index (χ0v) is 9.06. The fourth-order valence-electron chi connectivity index (χ4n) is 1.16. The molecule has 1 fully saturated rings. The Morgan fingerprint density at radius 1 is 1.60 bits per heavy atom. The van der Waals surface area contributed by atoms with Gasteiger partial charge >= 0.3 is 13.8 Å². The molecule has 8 nitrogen and oxygen atoms in total. The second-order valence-electron chi connectivity index (χ2n) is 2.76. The minimum absolute atomic E-state index is 0.0237. The van der Waals surface area contributed by atoms with E-state index in [2.05, 4.69) is 9.05 Å². The lowest BCUT2D eigenvalue weighted by atomic mass is 10.2. The molecular weight excluding hydrogens is 227 g/mol. The summed E-state index contributed by atoms with van der Waals surface area (Å²) in [5.74, 6) is -0.621. The van der Waals surface area contributed by atoms with Crippen LogP contribution in [0, 0.1) is 0 Å². The summed E-state index contributed by atoms with van der Waals surface area (Å²) >= 11 is 0. The van der Waals surface area contributed by atoms with Crippen LogP contribution in [-0.2, 0) is 18.4 Å². The molecule has 1 rings (SSSR count). The van der Waals surface area contributed by atoms with Gasteiger partial charge in [0.15, 0.2) is 0 Å². The van der Waals surface area contributed by atoms with Gasteiger partial charge in [-0.3, -0.25) is 13.8 Å². The molecular formula is C6H11N2O6P. The largest absolute Gasteiger partial charge is 0.465 e. The number of carbonyl (C=O) groups is 2. The van der Waals surface area contributed by atoms with E-state index < -0.39 is 25.8 Å². The third-order valence-corrected chi connectivity index (χ3v) is 3.84. The lowest BCUT2D eigenvalue weighted by Crippen LogP contribution is -2.62. The zero-order chi connectivity index (χ0) is 11.6. The molecule has 1 heterocycles. The van der Waals surface area contributed by atoms with Gasteiger partial charge in [0.25, 0.3) is 5.91 Å². The molecule has 0 aromatic heterocycles. The van der Waals surface area contributed by atoms with Crippen LogP contribution in [0.15, 0.2) is 0 Å². The maximum absolute atomic E-state index is 11.7. The van der Waals surface area contributed by atoms with Gasteiger partial charge in [0.2, 0.25) is 0 Å². The highest BCUT2D eigenvalue weighted by Gasteiger charge is 2.49. The average Bonchev–Trinajstić information content (AvgIpc) is 2.22. The summed E-state index contributed by atoms with van der Waals surface area (Å²) in [6.07, 6.45) is -1.31. The first-order chi connectivity index (χ1) is 6.94. The molecule has 0 aromatic carbocycles. The molecule has 15 heavy (non-hydrogen) atoms. The lowest BCUT2D eigenvalue weighted by molar-refractivity contribution is -0.138. The van der Waals surface area contributed by atoms with Crippen LogP contribution in [0.2, 0.25) is 0 Å². The van der Waals surface area contributed by atoms with Crippen molar-refractivity contribution in [3.8, 4) is 0 Å². The van der Waals surface area contributed by atoms with E-state index >= 15 is 0 Å². The number of hydrogen-bond donors (Lipinski definition) is 2. The van der Waals surface area contributed by atoms with Crippen molar-refractivity contribution in [2.24, 2.45) is 0 Å². The predicted octanol–water partition coefficient (Wildman–Crippen LogP) is -0.134. The smallest absolute Gasteiger partial charge is 0.437 e. The van der Waals surface area contributed by atoms with Crippen LogP contribution < -0.4 is 5.32 Å². The van der Waals surface area contributed by atoms with Crippen LogP contribution in [0.25, 0.3) is 0 Å². The molecule has 0 saturated carbocycles. The van der Waals surface area contributed by atoms with Crippen molar-refractivity contribution in [2.45, 2.75) is 6.04 Å². The summed E-state index contributed by atoms with van der Waals surface area (Å²) in [6, 6.07) is -0.874. The van der Waals surface area contributed by atoms with Gasteiger partial charge in [-0.25, -0.2) is 14.0 Å². The Labute approximate surface area is 85.7 Å². The van der Waals surface area contributed by atoms with Gasteiger partial charge in [0.1, 0.15) is 6.04 Å². The van der Waals surface area contributed by atoms with Gasteiger partial charge in [0, 0.05) is 14.2 Å². The average molecular weight is 238 g/mol. The Hall–Kier alpha value is -1.11. The summed E-state index contributed by atoms with van der Waals surface area (Å²) in [7, 11) is -1.27. The minimum atomic E-state index is -3.57. The number of rotatable bonds is 4. The highest BCUT2D eigenvalue weighted by Crippen LogP contribution is 2.53. The Bertz CT molecular complexity index is 324. The maximum atomic E-state index is 11.7. The molecule has 1 aliphatic rings. The Kier molecular flexibility index (Phi) is 3.33. The van der Waals surface area contributed by atoms with E-state index in [1.54, 1.807) is 0 Å². The number of nitrogens with zero attached hydrogens (tertiary/aromatic N) is 1. The van der Waals surface area contributed by atoms with Gasteiger partial charge in [-0.1, -0.05) is 0 Å². The molecule has 2 amide bonds. The molecule has 1 unspecified atom stereocenters. The number of carbonyl (C=O) groups excluding carboxylic acids is 1. The molecule has 2 N–H and O–H groups in total. The SMILES string of the molecule is COP(=O)(OC)N1CC(NC(=O)O)C1=O. The Balaban J connectivity index is 2.62. The molecule has 86 valence electrons. The number of carboxylic acid groups (broad SMARTS) is 1. The van der Waals surface area contributed by atoms with Gasteiger partial charge in [0.05, 0.1) is 6.54 Å². The van der Waals surface area contributed by atoms with Crippen molar-refractivity contribution in [1.82, 2.24) is 9.99 Å². The van der Waals surface area contributed by atoms with E-state index in [1.165, 1.54) is 0 Å². The van der Waals surface area contributed by atoms with Crippen molar-refractivity contribution in [2.75, 3.05) is 20.8 Å². The molecule has 0 radical (unpaired) electrons. The first-order valence-corrected chi connectivity index (χ1v) is 5.47. The van der Waals surface area contributed by atoms with E-state index in [9.17, 15) is 14.2 Å². The maximum Gasteiger partial charge on any atom is 0.437 e. The molecule has 1 atom stereocenters. The summed E-state index contributed by atoms with van der Waals surface area (Å²) in [5, 5.41) is 10.3. The normalized spacial score (nSPS) is 21.1. The van der Waals surface area contributed by atoms with Gasteiger partial charge < -0.3 is 10.4 Å². The van der Waals surface area contributed by atoms with Crippen LogP contribution in [0.3, 0.4) is 0 Å². The third-order valence-electron chi connectivity index (χ3n) is 1.96. The van der Waals surface area contributed by atoms with Crippen LogP contribution in [0.1, 0.15) is 0 Å². The van der Waals surface area contributed by atoms with Crippen molar-refractivity contribution >= 4 is 19.7 Å². The topological polar surface area (TPSA) is 105 Å². The summed E-state index contributed by atoms with van der Waals surface area (Å²) in [5.41, 5.74) is 0. The number of hydrogen-bond acceptors (Lipinski definition) is 5. The summed E-state index contributed by atoms with van der Waals surface area (Å²) in [4.78, 5) is 21.6. The first-order valence-electron chi connectivity index (χ1n) is 3.97. The van der Waals surface area contributed by atoms with Gasteiger partial charge in [-0.05, 0) is 0 Å². The zero-order valence-electron chi connectivity index (χ0n) is 8.17. The molecule has 0 aromatic rings. The van der Waals surface area contributed by atoms with Crippen LogP contribution >= 0.6 is 7.75 Å². The van der Waals surface area contributed by atoms with Crippen molar-refractivity contribution in [1.29, 1.82) is 0 Å². The quantitative estimate of drug-likeness (QED) is 0.522. The van der Waals surface area contributed by atoms with Crippen molar-refractivity contribution < 1.29 is 28.3 Å². The molecule has 0 spiro atoms. The number of β-lactam (4-membered cyclic amide) rings is 1. The summed E-state index contributed by atoms with van der Waals surface area (Å²) < 4.78 is 21.7. The monoisotopic (exact) mass is 238 g/mol. The Morgan fingerprint density at radius 2 is 2.13 bits per heavy atom. The van der Waals surface area contributed by atoms with Crippen LogP contribution in [0.4, 0.5) is 4.79 Å². The highest BCUT2D eigenvalue weighted by molar-refractivity contribution is 7.52. The molecule has 9 heteroatoms. The Morgan fingerprint density at radius 3 is 2.47 bits per heavy atom. The molecule has 1 saturated heterocycles. The van der Waals surface area contributed by atoms with Crippen molar-refractivity contribution in [3.05, 3.63) is 0 Å². The van der Waals surface area contributed by atoms with E-state index in [4.69, 9.17) is 5.11 Å². The predicted molar refractivity (Wildman–Crippen MR) is 48.3 cm³/mol. The number of amides is 2. The fraction of sp³-hybridized carbons (Fsp3) is 0.667. The standard InChI is InChI=1S/C6H11N2O6P/c1-13-15(12,14-2)8-3-4(5(8)9)7-6(10)11/h4,7H,3H2,1-2H3,(H,10,11). The number of nitrogens with one attached hydrogen (secondary N) is 1. The lowest BCUT2D eigenvalue weighted by Gasteiger charge is -2.39. The second kappa shape index (κ2) is 4.18. The molecule has 0 aliphatic carbocycles. The van der Waals surface area contributed by atoms with Gasteiger partial charge in [-0.2, -0.15) is 0 Å². The van der Waals surface area contributed by atoms with Crippen LogP contribution in [0.5, 0.6) is 0 Å². The van der Waals surface area contributed by atoms with Crippen molar-refractivity contribution in [3.63, 3.8) is 0 Å².